The number of aliphatic imine (C=N–C) groups is 1. The van der Waals surface area contributed by atoms with Gasteiger partial charge in [-0.05, 0) is 55.7 Å². The molecule has 5 nitrogen and oxygen atoms in total. The maximum Gasteiger partial charge on any atom is 0.224 e. The number of guanidine groups is 1. The van der Waals surface area contributed by atoms with E-state index in [4.69, 9.17) is 0 Å². The van der Waals surface area contributed by atoms with Crippen molar-refractivity contribution in [1.29, 1.82) is 0 Å². The van der Waals surface area contributed by atoms with E-state index in [9.17, 15) is 4.79 Å². The van der Waals surface area contributed by atoms with E-state index in [0.29, 0.717) is 19.0 Å². The second kappa shape index (κ2) is 12.9. The van der Waals surface area contributed by atoms with Crippen molar-refractivity contribution in [2.24, 2.45) is 4.99 Å². The number of hydrogen-bond acceptors (Lipinski definition) is 3. The Labute approximate surface area is 201 Å². The molecule has 0 aliphatic carbocycles. The van der Waals surface area contributed by atoms with E-state index in [1.165, 1.54) is 16.0 Å². The average Bonchev–Trinajstić information content (AvgIpc) is 3.21. The number of nitrogens with zero attached hydrogens (tertiary/aromatic N) is 2. The van der Waals surface area contributed by atoms with Crippen molar-refractivity contribution < 1.29 is 4.79 Å². The monoisotopic (exact) mass is 540 g/mol. The van der Waals surface area contributed by atoms with Crippen LogP contribution >= 0.6 is 35.3 Å². The number of benzene rings is 1. The number of carbonyl (C=O) groups excluding carboxylic acids is 1. The predicted octanol–water partition coefficient (Wildman–Crippen LogP) is 4.22. The molecular formula is C23H33IN4OS. The van der Waals surface area contributed by atoms with E-state index in [1.54, 1.807) is 11.3 Å². The first-order chi connectivity index (χ1) is 14.2. The molecule has 1 unspecified atom stereocenters. The molecule has 164 valence electrons. The minimum atomic E-state index is 0. The highest BCUT2D eigenvalue weighted by molar-refractivity contribution is 14.0. The first-order valence-corrected chi connectivity index (χ1v) is 11.5. The Morgan fingerprint density at radius 3 is 2.83 bits per heavy atom. The number of amides is 1. The molecule has 0 radical (unpaired) electrons. The predicted molar refractivity (Wildman–Crippen MR) is 137 cm³/mol. The molecule has 7 heteroatoms. The standard InChI is InChI=1S/C23H32N4OS.HI/c1-3-24-23(26-18(2)9-10-19-7-5-4-6-8-19)25-14-11-22(28)27-15-12-21-20(17-27)13-16-29-21;/h4-8,13,16,18H,3,9-12,14-15,17H2,1-2H3,(H2,24,25,26);1H. The summed E-state index contributed by atoms with van der Waals surface area (Å²) in [4.78, 5) is 20.6. The molecule has 0 spiro atoms. The van der Waals surface area contributed by atoms with Gasteiger partial charge in [-0.25, -0.2) is 0 Å². The fourth-order valence-corrected chi connectivity index (χ4v) is 4.43. The number of nitrogens with one attached hydrogen (secondary N) is 2. The van der Waals surface area contributed by atoms with E-state index in [2.05, 4.69) is 65.2 Å². The number of aryl methyl sites for hydroxylation is 1. The fraction of sp³-hybridized carbons (Fsp3) is 0.478. The maximum atomic E-state index is 12.6. The molecule has 0 saturated heterocycles. The van der Waals surface area contributed by atoms with Gasteiger partial charge in [0.15, 0.2) is 5.96 Å². The topological polar surface area (TPSA) is 56.7 Å². The molecule has 2 aromatic rings. The Kier molecular flexibility index (Phi) is 10.6. The Bertz CT molecular complexity index is 809. The quantitative estimate of drug-likeness (QED) is 0.300. The van der Waals surface area contributed by atoms with Crippen molar-refractivity contribution in [2.45, 2.75) is 52.1 Å². The Balaban J connectivity index is 0.00000320. The van der Waals surface area contributed by atoms with Crippen molar-refractivity contribution in [3.05, 3.63) is 57.8 Å². The summed E-state index contributed by atoms with van der Waals surface area (Å²) >= 11 is 1.80. The molecule has 2 heterocycles. The highest BCUT2D eigenvalue weighted by Gasteiger charge is 2.20. The average molecular weight is 541 g/mol. The molecule has 0 bridgehead atoms. The summed E-state index contributed by atoms with van der Waals surface area (Å²) in [5.41, 5.74) is 2.66. The molecule has 0 fully saturated rings. The van der Waals surface area contributed by atoms with Gasteiger partial charge < -0.3 is 15.5 Å². The van der Waals surface area contributed by atoms with Crippen molar-refractivity contribution in [3.8, 4) is 0 Å². The normalized spacial score (nSPS) is 14.5. The molecular weight excluding hydrogens is 507 g/mol. The lowest BCUT2D eigenvalue weighted by Crippen LogP contribution is -2.42. The van der Waals surface area contributed by atoms with Gasteiger partial charge in [-0.2, -0.15) is 0 Å². The SMILES string of the molecule is CCNC(=NCCC(=O)N1CCc2sccc2C1)NC(C)CCc1ccccc1.I. The maximum absolute atomic E-state index is 12.6. The first kappa shape index (κ1) is 24.7. The van der Waals surface area contributed by atoms with Crippen LogP contribution in [0.1, 0.15) is 42.7 Å². The molecule has 1 aromatic carbocycles. The minimum Gasteiger partial charge on any atom is -0.357 e. The van der Waals surface area contributed by atoms with Crippen molar-refractivity contribution in [3.63, 3.8) is 0 Å². The minimum absolute atomic E-state index is 0. The van der Waals surface area contributed by atoms with E-state index < -0.39 is 0 Å². The van der Waals surface area contributed by atoms with Crippen LogP contribution in [0, 0.1) is 0 Å². The number of carbonyl (C=O) groups is 1. The van der Waals surface area contributed by atoms with E-state index in [0.717, 1.165) is 44.9 Å². The van der Waals surface area contributed by atoms with Gasteiger partial charge in [0.1, 0.15) is 0 Å². The lowest BCUT2D eigenvalue weighted by atomic mass is 10.1. The second-order valence-electron chi connectivity index (χ2n) is 7.51. The van der Waals surface area contributed by atoms with Crippen LogP contribution in [0.25, 0.3) is 0 Å². The molecule has 30 heavy (non-hydrogen) atoms. The van der Waals surface area contributed by atoms with Crippen molar-refractivity contribution >= 4 is 47.2 Å². The zero-order chi connectivity index (χ0) is 20.5. The number of fused-ring (bicyclic) bond motifs is 1. The van der Waals surface area contributed by atoms with Gasteiger partial charge in [0, 0.05) is 37.0 Å². The van der Waals surface area contributed by atoms with Gasteiger partial charge in [0.25, 0.3) is 0 Å². The van der Waals surface area contributed by atoms with Crippen LogP contribution in [0.15, 0.2) is 46.8 Å². The lowest BCUT2D eigenvalue weighted by Gasteiger charge is -2.27. The smallest absolute Gasteiger partial charge is 0.224 e. The fourth-order valence-electron chi connectivity index (χ4n) is 3.54. The van der Waals surface area contributed by atoms with Crippen LogP contribution in [0.3, 0.4) is 0 Å². The van der Waals surface area contributed by atoms with Crippen LogP contribution in [-0.2, 0) is 24.2 Å². The highest BCUT2D eigenvalue weighted by Crippen LogP contribution is 2.24. The van der Waals surface area contributed by atoms with Crippen molar-refractivity contribution in [2.75, 3.05) is 19.6 Å². The summed E-state index contributed by atoms with van der Waals surface area (Å²) in [5, 5.41) is 8.88. The summed E-state index contributed by atoms with van der Waals surface area (Å²) in [6.45, 7) is 7.11. The van der Waals surface area contributed by atoms with Gasteiger partial charge in [0.2, 0.25) is 5.91 Å². The highest BCUT2D eigenvalue weighted by atomic mass is 127. The second-order valence-corrected chi connectivity index (χ2v) is 8.52. The number of halogens is 1. The number of rotatable bonds is 8. The number of hydrogen-bond donors (Lipinski definition) is 2. The third-order valence-electron chi connectivity index (χ3n) is 5.19. The van der Waals surface area contributed by atoms with E-state index in [-0.39, 0.29) is 29.9 Å². The first-order valence-electron chi connectivity index (χ1n) is 10.6. The van der Waals surface area contributed by atoms with Crippen LogP contribution in [0.4, 0.5) is 0 Å². The molecule has 2 N–H and O–H groups in total. The molecule has 1 aliphatic heterocycles. The molecule has 1 aliphatic rings. The van der Waals surface area contributed by atoms with Crippen molar-refractivity contribution in [1.82, 2.24) is 15.5 Å². The van der Waals surface area contributed by atoms with Gasteiger partial charge in [-0.3, -0.25) is 9.79 Å². The van der Waals surface area contributed by atoms with Crippen LogP contribution < -0.4 is 10.6 Å². The Morgan fingerprint density at radius 1 is 1.27 bits per heavy atom. The third-order valence-corrected chi connectivity index (χ3v) is 6.22. The largest absolute Gasteiger partial charge is 0.357 e. The summed E-state index contributed by atoms with van der Waals surface area (Å²) in [6, 6.07) is 13.0. The third kappa shape index (κ3) is 7.58. The molecule has 1 amide bonds. The zero-order valence-electron chi connectivity index (χ0n) is 17.9. The molecule has 1 atom stereocenters. The summed E-state index contributed by atoms with van der Waals surface area (Å²) in [6.07, 6.45) is 3.50. The summed E-state index contributed by atoms with van der Waals surface area (Å²) < 4.78 is 0. The summed E-state index contributed by atoms with van der Waals surface area (Å²) in [5.74, 6) is 0.984. The number of thiophene rings is 1. The van der Waals surface area contributed by atoms with Crippen LogP contribution in [-0.4, -0.2) is 42.4 Å². The van der Waals surface area contributed by atoms with E-state index >= 15 is 0 Å². The molecule has 0 saturated carbocycles. The molecule has 3 rings (SSSR count). The van der Waals surface area contributed by atoms with Gasteiger partial charge >= 0.3 is 0 Å². The summed E-state index contributed by atoms with van der Waals surface area (Å²) in [7, 11) is 0. The lowest BCUT2D eigenvalue weighted by molar-refractivity contribution is -0.131. The van der Waals surface area contributed by atoms with Crippen LogP contribution in [0.5, 0.6) is 0 Å². The Hall–Kier alpha value is -1.61. The van der Waals surface area contributed by atoms with E-state index in [1.807, 2.05) is 11.0 Å². The van der Waals surface area contributed by atoms with Gasteiger partial charge in [-0.15, -0.1) is 35.3 Å². The molecule has 1 aromatic heterocycles. The Morgan fingerprint density at radius 2 is 2.07 bits per heavy atom. The van der Waals surface area contributed by atoms with Gasteiger partial charge in [-0.1, -0.05) is 30.3 Å². The van der Waals surface area contributed by atoms with Crippen LogP contribution in [0.2, 0.25) is 0 Å². The van der Waals surface area contributed by atoms with Gasteiger partial charge in [0.05, 0.1) is 6.54 Å². The zero-order valence-corrected chi connectivity index (χ0v) is 21.0.